The second-order valence-corrected chi connectivity index (χ2v) is 7.89. The first kappa shape index (κ1) is 22.0. The lowest BCUT2D eigenvalue weighted by Gasteiger charge is -2.19. The number of nitrogens with zero attached hydrogens (tertiary/aromatic N) is 2. The highest BCUT2D eigenvalue weighted by Crippen LogP contribution is 2.44. The van der Waals surface area contributed by atoms with Gasteiger partial charge in [-0.15, -0.1) is 0 Å². The molecule has 0 saturated carbocycles. The lowest BCUT2D eigenvalue weighted by molar-refractivity contribution is 0.0133. The molecule has 1 aromatic heterocycles. The van der Waals surface area contributed by atoms with Crippen LogP contribution in [-0.4, -0.2) is 45.5 Å². The lowest BCUT2D eigenvalue weighted by Crippen LogP contribution is -2.30. The Hall–Kier alpha value is -3.20. The molecule has 4 rings (SSSR count). The molecule has 1 amide bonds. The zero-order valence-electron chi connectivity index (χ0n) is 17.1. The van der Waals surface area contributed by atoms with Crippen LogP contribution in [0.1, 0.15) is 35.1 Å². The number of aliphatic hydroxyl groups is 2. The highest BCUT2D eigenvalue weighted by molar-refractivity contribution is 6.30. The van der Waals surface area contributed by atoms with Crippen LogP contribution in [0, 0.1) is 0 Å². The van der Waals surface area contributed by atoms with Crippen LogP contribution in [0.4, 0.5) is 10.7 Å². The van der Waals surface area contributed by atoms with Crippen molar-refractivity contribution in [2.75, 3.05) is 18.9 Å². The summed E-state index contributed by atoms with van der Waals surface area (Å²) in [5.74, 6) is -0.0643. The van der Waals surface area contributed by atoms with Crippen LogP contribution in [0.25, 0.3) is 11.1 Å². The molecule has 2 aromatic carbocycles. The van der Waals surface area contributed by atoms with Gasteiger partial charge in [-0.2, -0.15) is 0 Å². The predicted molar refractivity (Wildman–Crippen MR) is 120 cm³/mol. The van der Waals surface area contributed by atoms with Gasteiger partial charge in [0.05, 0.1) is 6.10 Å². The summed E-state index contributed by atoms with van der Waals surface area (Å²) in [6.07, 6.45) is -1.76. The smallest absolute Gasteiger partial charge is 0.407 e. The van der Waals surface area contributed by atoms with Gasteiger partial charge in [0.25, 0.3) is 0 Å². The molecule has 9 heteroatoms. The molecule has 1 heterocycles. The van der Waals surface area contributed by atoms with E-state index in [0.29, 0.717) is 0 Å². The number of amides is 1. The van der Waals surface area contributed by atoms with Gasteiger partial charge in [-0.3, -0.25) is 0 Å². The monoisotopic (exact) mass is 454 g/mol. The normalized spacial score (nSPS) is 14.3. The Kier molecular flexibility index (Phi) is 6.55. The molecular formula is C23H23ClN4O4. The number of halogens is 1. The molecule has 1 aliphatic rings. The van der Waals surface area contributed by atoms with Crippen molar-refractivity contribution in [2.24, 2.45) is 0 Å². The zero-order chi connectivity index (χ0) is 22.7. The number of benzene rings is 2. The third-order valence-corrected chi connectivity index (χ3v) is 5.83. The van der Waals surface area contributed by atoms with Gasteiger partial charge in [0.2, 0.25) is 5.95 Å². The number of anilines is 1. The number of carbonyl (C=O) groups is 1. The number of hydrogen-bond donors (Lipinski definition) is 4. The Morgan fingerprint density at radius 3 is 2.38 bits per heavy atom. The number of aromatic nitrogens is 2. The number of fused-ring (bicyclic) bond motifs is 3. The lowest BCUT2D eigenvalue weighted by atomic mass is 9.98. The number of nitrogens with two attached hydrogens (primary N) is 1. The fourth-order valence-electron chi connectivity index (χ4n) is 3.92. The van der Waals surface area contributed by atoms with E-state index < -0.39 is 18.3 Å². The Morgan fingerprint density at radius 1 is 1.12 bits per heavy atom. The Bertz CT molecular complexity index is 1080. The number of rotatable bonds is 7. The summed E-state index contributed by atoms with van der Waals surface area (Å²) < 4.78 is 5.45. The third kappa shape index (κ3) is 4.52. The molecular weight excluding hydrogens is 432 g/mol. The van der Waals surface area contributed by atoms with Crippen LogP contribution >= 0.6 is 11.6 Å². The van der Waals surface area contributed by atoms with E-state index in [-0.39, 0.29) is 42.2 Å². The Balaban J connectivity index is 1.29. The van der Waals surface area contributed by atoms with Crippen molar-refractivity contribution in [3.8, 4) is 11.1 Å². The molecule has 32 heavy (non-hydrogen) atoms. The van der Waals surface area contributed by atoms with Gasteiger partial charge in [0.15, 0.2) is 0 Å². The third-order valence-electron chi connectivity index (χ3n) is 5.52. The van der Waals surface area contributed by atoms with Crippen molar-refractivity contribution < 1.29 is 19.7 Å². The van der Waals surface area contributed by atoms with Crippen LogP contribution in [0.5, 0.6) is 0 Å². The molecule has 0 aliphatic heterocycles. The van der Waals surface area contributed by atoms with E-state index in [1.165, 1.54) is 6.20 Å². The molecule has 0 saturated heterocycles. The molecule has 2 unspecified atom stereocenters. The van der Waals surface area contributed by atoms with Crippen molar-refractivity contribution in [1.82, 2.24) is 15.3 Å². The second kappa shape index (κ2) is 9.52. The summed E-state index contributed by atoms with van der Waals surface area (Å²) in [6, 6.07) is 16.2. The first-order valence-electron chi connectivity index (χ1n) is 10.2. The summed E-state index contributed by atoms with van der Waals surface area (Å²) in [5.41, 5.74) is 10.2. The standard InChI is InChI=1S/C23H23ClN4O4/c24-21-17(11-27-22(25)28-21)20(30)19(29)9-10-26-23(31)32-12-18-15-7-3-1-5-13(15)14-6-2-4-8-16(14)18/h1-8,11,18-20,29-30H,9-10,12H2,(H,26,31)(H2,25,27,28). The summed E-state index contributed by atoms with van der Waals surface area (Å²) in [7, 11) is 0. The SMILES string of the molecule is Nc1ncc(C(O)C(O)CCNC(=O)OCC2c3ccccc3-c3ccccc32)c(Cl)n1. The average molecular weight is 455 g/mol. The molecule has 2 atom stereocenters. The minimum Gasteiger partial charge on any atom is -0.449 e. The highest BCUT2D eigenvalue weighted by atomic mass is 35.5. The van der Waals surface area contributed by atoms with Gasteiger partial charge in [0.1, 0.15) is 17.9 Å². The Labute approximate surface area is 190 Å². The van der Waals surface area contributed by atoms with Crippen molar-refractivity contribution in [3.05, 3.63) is 76.6 Å². The van der Waals surface area contributed by atoms with Crippen LogP contribution < -0.4 is 11.1 Å². The minimum atomic E-state index is -1.31. The Morgan fingerprint density at radius 2 is 1.75 bits per heavy atom. The van der Waals surface area contributed by atoms with Crippen LogP contribution in [-0.2, 0) is 4.74 Å². The van der Waals surface area contributed by atoms with Gasteiger partial charge < -0.3 is 26.0 Å². The summed E-state index contributed by atoms with van der Waals surface area (Å²) in [5, 5.41) is 23.0. The topological polar surface area (TPSA) is 131 Å². The van der Waals surface area contributed by atoms with Crippen molar-refractivity contribution in [3.63, 3.8) is 0 Å². The fourth-order valence-corrected chi connectivity index (χ4v) is 4.17. The first-order chi connectivity index (χ1) is 15.5. The minimum absolute atomic E-state index is 0.0302. The van der Waals surface area contributed by atoms with Gasteiger partial charge in [0, 0.05) is 24.2 Å². The van der Waals surface area contributed by atoms with Crippen molar-refractivity contribution in [2.45, 2.75) is 24.5 Å². The van der Waals surface area contributed by atoms with E-state index >= 15 is 0 Å². The van der Waals surface area contributed by atoms with Gasteiger partial charge in [-0.1, -0.05) is 60.1 Å². The molecule has 1 aliphatic carbocycles. The maximum atomic E-state index is 12.2. The molecule has 166 valence electrons. The van der Waals surface area contributed by atoms with Gasteiger partial charge >= 0.3 is 6.09 Å². The van der Waals surface area contributed by atoms with E-state index in [4.69, 9.17) is 22.1 Å². The predicted octanol–water partition coefficient (Wildman–Crippen LogP) is 3.04. The number of nitrogens with one attached hydrogen (secondary N) is 1. The maximum Gasteiger partial charge on any atom is 0.407 e. The molecule has 0 spiro atoms. The van der Waals surface area contributed by atoms with E-state index in [1.807, 2.05) is 36.4 Å². The summed E-state index contributed by atoms with van der Waals surface area (Å²) >= 11 is 5.94. The average Bonchev–Trinajstić information content (AvgIpc) is 3.11. The van der Waals surface area contributed by atoms with E-state index in [0.717, 1.165) is 22.3 Å². The van der Waals surface area contributed by atoms with Crippen LogP contribution in [0.3, 0.4) is 0 Å². The van der Waals surface area contributed by atoms with Gasteiger partial charge in [-0.05, 0) is 28.7 Å². The first-order valence-corrected chi connectivity index (χ1v) is 10.6. The molecule has 3 aromatic rings. The number of carbonyl (C=O) groups excluding carboxylic acids is 1. The number of ether oxygens (including phenoxy) is 1. The number of alkyl carbamates (subject to hydrolysis) is 1. The second-order valence-electron chi connectivity index (χ2n) is 7.53. The number of nitrogen functional groups attached to an aromatic ring is 1. The highest BCUT2D eigenvalue weighted by Gasteiger charge is 2.29. The summed E-state index contributed by atoms with van der Waals surface area (Å²) in [4.78, 5) is 19.7. The largest absolute Gasteiger partial charge is 0.449 e. The molecule has 0 bridgehead atoms. The van der Waals surface area contributed by atoms with E-state index in [9.17, 15) is 15.0 Å². The quantitative estimate of drug-likeness (QED) is 0.403. The molecule has 0 radical (unpaired) electrons. The zero-order valence-corrected chi connectivity index (χ0v) is 17.9. The van der Waals surface area contributed by atoms with Gasteiger partial charge in [-0.25, -0.2) is 14.8 Å². The van der Waals surface area contributed by atoms with Crippen LogP contribution in [0.15, 0.2) is 54.7 Å². The number of hydrogen-bond acceptors (Lipinski definition) is 7. The molecule has 5 N–H and O–H groups in total. The number of aliphatic hydroxyl groups excluding tert-OH is 2. The fraction of sp³-hybridized carbons (Fsp3) is 0.261. The van der Waals surface area contributed by atoms with Crippen LogP contribution in [0.2, 0.25) is 5.15 Å². The van der Waals surface area contributed by atoms with E-state index in [2.05, 4.69) is 27.4 Å². The molecule has 0 fully saturated rings. The maximum absolute atomic E-state index is 12.2. The molecule has 8 nitrogen and oxygen atoms in total. The van der Waals surface area contributed by atoms with Crippen molar-refractivity contribution in [1.29, 1.82) is 0 Å². The van der Waals surface area contributed by atoms with Crippen molar-refractivity contribution >= 4 is 23.6 Å². The van der Waals surface area contributed by atoms with E-state index in [1.54, 1.807) is 0 Å². The summed E-state index contributed by atoms with van der Waals surface area (Å²) in [6.45, 7) is 0.297.